The quantitative estimate of drug-likeness (QED) is 0.156. The first-order valence-electron chi connectivity index (χ1n) is 19.4. The zero-order valence-corrected chi connectivity index (χ0v) is 30.8. The van der Waals surface area contributed by atoms with Crippen LogP contribution in [0.25, 0.3) is 109 Å². The molecule has 0 aromatic heterocycles. The molecule has 0 saturated carbocycles. The van der Waals surface area contributed by atoms with E-state index < -0.39 is 0 Å². The van der Waals surface area contributed by atoms with Crippen molar-refractivity contribution in [1.82, 2.24) is 0 Å². The first kappa shape index (κ1) is 32.2. The Morgan fingerprint density at radius 2 is 0.643 bits per heavy atom. The molecule has 0 fully saturated rings. The van der Waals surface area contributed by atoms with Crippen molar-refractivity contribution in [2.24, 2.45) is 0 Å². The molecule has 11 aromatic carbocycles. The molecule has 56 heavy (non-hydrogen) atoms. The van der Waals surface area contributed by atoms with Crippen molar-refractivity contribution in [3.05, 3.63) is 218 Å². The van der Waals surface area contributed by atoms with Gasteiger partial charge in [0, 0.05) is 0 Å². The molecule has 0 saturated heterocycles. The average molecular weight is 709 g/mol. The number of rotatable bonds is 5. The monoisotopic (exact) mass is 708 g/mol. The third-order valence-corrected chi connectivity index (χ3v) is 11.6. The van der Waals surface area contributed by atoms with Gasteiger partial charge in [0.15, 0.2) is 0 Å². The molecule has 0 spiro atoms. The molecule has 11 rings (SSSR count). The fourth-order valence-corrected chi connectivity index (χ4v) is 9.12. The Labute approximate surface area is 326 Å². The molecule has 0 nitrogen and oxygen atoms in total. The third-order valence-electron chi connectivity index (χ3n) is 11.6. The van der Waals surface area contributed by atoms with Crippen LogP contribution in [0.4, 0.5) is 0 Å². The summed E-state index contributed by atoms with van der Waals surface area (Å²) in [6.07, 6.45) is 0. The number of benzene rings is 11. The van der Waals surface area contributed by atoms with Gasteiger partial charge < -0.3 is 0 Å². The van der Waals surface area contributed by atoms with Crippen LogP contribution in [0.2, 0.25) is 0 Å². The predicted octanol–water partition coefficient (Wildman–Crippen LogP) is 15.8. The van der Waals surface area contributed by atoms with E-state index in [1.165, 1.54) is 109 Å². The Morgan fingerprint density at radius 1 is 0.179 bits per heavy atom. The van der Waals surface area contributed by atoms with Gasteiger partial charge in [-0.05, 0) is 128 Å². The summed E-state index contributed by atoms with van der Waals surface area (Å²) in [5, 5.41) is 12.5. The summed E-state index contributed by atoms with van der Waals surface area (Å²) in [5.41, 5.74) is 12.4. The van der Waals surface area contributed by atoms with E-state index in [9.17, 15) is 0 Å². The molecule has 0 bridgehead atoms. The lowest BCUT2D eigenvalue weighted by atomic mass is 9.83. The lowest BCUT2D eigenvalue weighted by Gasteiger charge is -2.20. The van der Waals surface area contributed by atoms with Crippen molar-refractivity contribution in [2.75, 3.05) is 0 Å². The van der Waals surface area contributed by atoms with E-state index in [0.29, 0.717) is 0 Å². The molecular formula is C56H36. The standard InChI is InChI=1S/C56H36/c1-3-16-39(17-4-1)52-35-42(46-28-13-22-37-18-7-9-24-43(37)46)36-53-45(29-15-30-47(52)53)41-32-33-51-54(34-41)56(48-31-14-23-38-19-8-10-25-44(38)48)50-27-12-11-26-49(50)55(51)40-20-5-2-6-21-40/h1-36H. The summed E-state index contributed by atoms with van der Waals surface area (Å²) in [4.78, 5) is 0. The van der Waals surface area contributed by atoms with Crippen LogP contribution in [0.5, 0.6) is 0 Å². The van der Waals surface area contributed by atoms with Gasteiger partial charge >= 0.3 is 0 Å². The molecule has 0 heterocycles. The fraction of sp³-hybridized carbons (Fsp3) is 0. The summed E-state index contributed by atoms with van der Waals surface area (Å²) in [7, 11) is 0. The Balaban J connectivity index is 1.25. The minimum Gasteiger partial charge on any atom is -0.0622 e. The highest BCUT2D eigenvalue weighted by molar-refractivity contribution is 6.24. The summed E-state index contributed by atoms with van der Waals surface area (Å²) in [5.74, 6) is 0. The molecule has 260 valence electrons. The van der Waals surface area contributed by atoms with Crippen LogP contribution < -0.4 is 0 Å². The molecule has 0 atom stereocenters. The van der Waals surface area contributed by atoms with E-state index in [1.54, 1.807) is 0 Å². The van der Waals surface area contributed by atoms with Crippen molar-refractivity contribution in [2.45, 2.75) is 0 Å². The lowest BCUT2D eigenvalue weighted by molar-refractivity contribution is 1.62. The van der Waals surface area contributed by atoms with E-state index in [-0.39, 0.29) is 0 Å². The highest BCUT2D eigenvalue weighted by Crippen LogP contribution is 2.47. The molecule has 0 unspecified atom stereocenters. The smallest absolute Gasteiger partial charge is 0.00199 e. The van der Waals surface area contributed by atoms with Crippen molar-refractivity contribution < 1.29 is 0 Å². The zero-order valence-electron chi connectivity index (χ0n) is 30.8. The minimum absolute atomic E-state index is 1.20. The van der Waals surface area contributed by atoms with E-state index in [1.807, 2.05) is 0 Å². The summed E-state index contributed by atoms with van der Waals surface area (Å²) in [6, 6.07) is 80.4. The SMILES string of the molecule is c1ccc(-c2cc(-c3cccc4ccccc34)cc3c(-c4ccc5c(-c6ccccc6)c6ccccc6c(-c6cccc7ccccc67)c5c4)cccc23)cc1. The van der Waals surface area contributed by atoms with E-state index in [2.05, 4.69) is 218 Å². The van der Waals surface area contributed by atoms with Gasteiger partial charge in [-0.3, -0.25) is 0 Å². The predicted molar refractivity (Wildman–Crippen MR) is 241 cm³/mol. The first-order chi connectivity index (χ1) is 27.8. The molecule has 0 radical (unpaired) electrons. The van der Waals surface area contributed by atoms with Gasteiger partial charge in [0.2, 0.25) is 0 Å². The lowest BCUT2D eigenvalue weighted by Crippen LogP contribution is -1.93. The first-order valence-corrected chi connectivity index (χ1v) is 19.4. The number of fused-ring (bicyclic) bond motifs is 5. The molecule has 0 aliphatic carbocycles. The normalized spacial score (nSPS) is 11.6. The third kappa shape index (κ3) is 5.22. The van der Waals surface area contributed by atoms with E-state index in [4.69, 9.17) is 0 Å². The molecule has 0 heteroatoms. The number of hydrogen-bond donors (Lipinski definition) is 0. The van der Waals surface area contributed by atoms with Crippen molar-refractivity contribution in [3.63, 3.8) is 0 Å². The topological polar surface area (TPSA) is 0 Å². The van der Waals surface area contributed by atoms with Gasteiger partial charge in [0.1, 0.15) is 0 Å². The zero-order chi connectivity index (χ0) is 37.0. The van der Waals surface area contributed by atoms with Crippen LogP contribution >= 0.6 is 0 Å². The molecule has 0 aliphatic heterocycles. The maximum atomic E-state index is 2.47. The Morgan fingerprint density at radius 3 is 1.34 bits per heavy atom. The van der Waals surface area contributed by atoms with E-state index >= 15 is 0 Å². The van der Waals surface area contributed by atoms with Gasteiger partial charge in [0.05, 0.1) is 0 Å². The molecule has 11 aromatic rings. The summed E-state index contributed by atoms with van der Waals surface area (Å²) >= 11 is 0. The highest BCUT2D eigenvalue weighted by Gasteiger charge is 2.20. The second-order valence-corrected chi connectivity index (χ2v) is 14.8. The molecular weight excluding hydrogens is 673 g/mol. The van der Waals surface area contributed by atoms with Gasteiger partial charge in [-0.25, -0.2) is 0 Å². The van der Waals surface area contributed by atoms with E-state index in [0.717, 1.165) is 0 Å². The summed E-state index contributed by atoms with van der Waals surface area (Å²) in [6.45, 7) is 0. The highest BCUT2D eigenvalue weighted by atomic mass is 14.2. The maximum Gasteiger partial charge on any atom is -0.00199 e. The second-order valence-electron chi connectivity index (χ2n) is 14.8. The average Bonchev–Trinajstić information content (AvgIpc) is 3.27. The Bertz CT molecular complexity index is 3270. The maximum absolute atomic E-state index is 2.47. The van der Waals surface area contributed by atoms with Crippen LogP contribution in [0, 0.1) is 0 Å². The van der Waals surface area contributed by atoms with Crippen LogP contribution in [0.3, 0.4) is 0 Å². The largest absolute Gasteiger partial charge is 0.0622 e. The molecule has 0 amide bonds. The minimum atomic E-state index is 1.20. The Hall–Kier alpha value is -7.28. The van der Waals surface area contributed by atoms with Gasteiger partial charge in [0.25, 0.3) is 0 Å². The van der Waals surface area contributed by atoms with Crippen LogP contribution in [-0.2, 0) is 0 Å². The van der Waals surface area contributed by atoms with Gasteiger partial charge in [-0.15, -0.1) is 0 Å². The number of hydrogen-bond acceptors (Lipinski definition) is 0. The molecule has 0 aliphatic rings. The van der Waals surface area contributed by atoms with Gasteiger partial charge in [-0.1, -0.05) is 200 Å². The molecule has 0 N–H and O–H groups in total. The van der Waals surface area contributed by atoms with Gasteiger partial charge in [-0.2, -0.15) is 0 Å². The van der Waals surface area contributed by atoms with Crippen molar-refractivity contribution >= 4 is 53.9 Å². The summed E-state index contributed by atoms with van der Waals surface area (Å²) < 4.78 is 0. The second kappa shape index (κ2) is 13.2. The van der Waals surface area contributed by atoms with Crippen molar-refractivity contribution in [3.8, 4) is 55.6 Å². The fourth-order valence-electron chi connectivity index (χ4n) is 9.12. The van der Waals surface area contributed by atoms with Crippen molar-refractivity contribution in [1.29, 1.82) is 0 Å². The van der Waals surface area contributed by atoms with Crippen LogP contribution in [0.15, 0.2) is 218 Å². The Kier molecular flexibility index (Phi) is 7.60. The van der Waals surface area contributed by atoms with Crippen LogP contribution in [-0.4, -0.2) is 0 Å². The van der Waals surface area contributed by atoms with Crippen LogP contribution in [0.1, 0.15) is 0 Å².